The molecule has 0 aromatic carbocycles. The van der Waals surface area contributed by atoms with Crippen molar-refractivity contribution in [3.63, 3.8) is 0 Å². The van der Waals surface area contributed by atoms with Crippen LogP contribution in [0.15, 0.2) is 0 Å². The van der Waals surface area contributed by atoms with Gasteiger partial charge in [-0.3, -0.25) is 0 Å². The zero-order valence-electron chi connectivity index (χ0n) is 6.38. The van der Waals surface area contributed by atoms with Crippen LogP contribution in [0.5, 0.6) is 0 Å². The Kier molecular flexibility index (Phi) is 2.63. The van der Waals surface area contributed by atoms with E-state index in [0.29, 0.717) is 0 Å². The summed E-state index contributed by atoms with van der Waals surface area (Å²) in [6.45, 7) is 0. The van der Waals surface area contributed by atoms with Gasteiger partial charge in [-0.2, -0.15) is 0 Å². The van der Waals surface area contributed by atoms with Crippen LogP contribution in [0, 0.1) is 0 Å². The second kappa shape index (κ2) is 3.36. The third kappa shape index (κ3) is 1.42. The van der Waals surface area contributed by atoms with Gasteiger partial charge in [0.05, 0.1) is 0 Å². The molecule has 0 radical (unpaired) electrons. The highest BCUT2D eigenvalue weighted by atomic mass is 16.7. The van der Waals surface area contributed by atoms with E-state index < -0.39 is 30.6 Å². The second-order valence-corrected chi connectivity index (χ2v) is 2.48. The number of rotatable bonds is 2. The number of ether oxygens (including phenoxy) is 2. The molecule has 12 heavy (non-hydrogen) atoms. The van der Waals surface area contributed by atoms with Crippen molar-refractivity contribution in [1.82, 2.24) is 0 Å². The van der Waals surface area contributed by atoms with Crippen LogP contribution in [0.2, 0.25) is 0 Å². The summed E-state index contributed by atoms with van der Waals surface area (Å²) in [5.74, 6) is -1.32. The van der Waals surface area contributed by atoms with Crippen LogP contribution in [-0.4, -0.2) is 53.0 Å². The number of methoxy groups -OCH3 is 1. The van der Waals surface area contributed by atoms with E-state index in [1.165, 1.54) is 7.11 Å². The van der Waals surface area contributed by atoms with Gasteiger partial charge in [-0.1, -0.05) is 0 Å². The van der Waals surface area contributed by atoms with Crippen molar-refractivity contribution in [3.8, 4) is 0 Å². The Balaban J connectivity index is 2.66. The molecule has 0 bridgehead atoms. The number of carbonyl (C=O) groups is 1. The molecule has 1 heterocycles. The lowest BCUT2D eigenvalue weighted by Crippen LogP contribution is -2.36. The summed E-state index contributed by atoms with van der Waals surface area (Å²) in [5.41, 5.74) is 0. The molecule has 0 aromatic heterocycles. The third-order valence-corrected chi connectivity index (χ3v) is 1.70. The van der Waals surface area contributed by atoms with E-state index in [9.17, 15) is 4.79 Å². The Labute approximate surface area is 68.3 Å². The molecule has 1 aliphatic heterocycles. The first-order valence-corrected chi connectivity index (χ1v) is 3.35. The van der Waals surface area contributed by atoms with Gasteiger partial charge in [0.2, 0.25) is 0 Å². The summed E-state index contributed by atoms with van der Waals surface area (Å²) in [4.78, 5) is 10.4. The fraction of sp³-hybridized carbons (Fsp3) is 0.833. The first kappa shape index (κ1) is 9.40. The average molecular weight is 178 g/mol. The van der Waals surface area contributed by atoms with Gasteiger partial charge in [0.1, 0.15) is 12.2 Å². The largest absolute Gasteiger partial charge is 0.479 e. The monoisotopic (exact) mass is 178 g/mol. The van der Waals surface area contributed by atoms with E-state index in [2.05, 4.69) is 9.47 Å². The van der Waals surface area contributed by atoms with Crippen LogP contribution in [0.25, 0.3) is 0 Å². The fourth-order valence-corrected chi connectivity index (χ4v) is 1.04. The normalized spacial score (nSPS) is 41.6. The van der Waals surface area contributed by atoms with Gasteiger partial charge in [-0.05, 0) is 0 Å². The highest BCUT2D eigenvalue weighted by Gasteiger charge is 2.46. The highest BCUT2D eigenvalue weighted by molar-refractivity contribution is 5.73. The second-order valence-electron chi connectivity index (χ2n) is 2.48. The summed E-state index contributed by atoms with van der Waals surface area (Å²) in [6.07, 6.45) is -5.23. The molecule has 0 amide bonds. The quantitative estimate of drug-likeness (QED) is 0.460. The van der Waals surface area contributed by atoms with Crippen molar-refractivity contribution in [3.05, 3.63) is 0 Å². The van der Waals surface area contributed by atoms with Gasteiger partial charge in [0.25, 0.3) is 0 Å². The number of aliphatic hydroxyl groups excluding tert-OH is 2. The molecule has 0 aromatic rings. The summed E-state index contributed by atoms with van der Waals surface area (Å²) in [6, 6.07) is 0. The summed E-state index contributed by atoms with van der Waals surface area (Å²) in [5, 5.41) is 26.7. The van der Waals surface area contributed by atoms with Gasteiger partial charge in [0, 0.05) is 7.11 Å². The van der Waals surface area contributed by atoms with Gasteiger partial charge >= 0.3 is 5.97 Å². The maximum Gasteiger partial charge on any atom is 0.335 e. The predicted octanol–water partition coefficient (Wildman–Crippen LogP) is -1.84. The number of carboxylic acids is 1. The van der Waals surface area contributed by atoms with E-state index in [1.54, 1.807) is 0 Å². The van der Waals surface area contributed by atoms with Crippen LogP contribution in [-0.2, 0) is 14.3 Å². The molecule has 0 aliphatic carbocycles. The Morgan fingerprint density at radius 3 is 2.25 bits per heavy atom. The Morgan fingerprint density at radius 1 is 1.42 bits per heavy atom. The maximum atomic E-state index is 10.4. The van der Waals surface area contributed by atoms with Crippen molar-refractivity contribution < 1.29 is 29.6 Å². The Morgan fingerprint density at radius 2 is 2.00 bits per heavy atom. The van der Waals surface area contributed by atoms with E-state index in [-0.39, 0.29) is 0 Å². The predicted molar refractivity (Wildman–Crippen MR) is 35.3 cm³/mol. The van der Waals surface area contributed by atoms with Gasteiger partial charge in [0.15, 0.2) is 12.4 Å². The molecule has 4 atom stereocenters. The molecule has 6 heteroatoms. The molecule has 1 saturated heterocycles. The zero-order valence-corrected chi connectivity index (χ0v) is 6.38. The highest BCUT2D eigenvalue weighted by Crippen LogP contribution is 2.21. The minimum atomic E-state index is -1.44. The van der Waals surface area contributed by atoms with Crippen LogP contribution < -0.4 is 0 Å². The van der Waals surface area contributed by atoms with Crippen LogP contribution in [0.3, 0.4) is 0 Å². The van der Waals surface area contributed by atoms with Crippen LogP contribution in [0.1, 0.15) is 0 Å². The van der Waals surface area contributed by atoms with Crippen LogP contribution in [0.4, 0.5) is 0 Å². The molecule has 1 rings (SSSR count). The number of aliphatic hydroxyl groups is 2. The molecule has 0 spiro atoms. The van der Waals surface area contributed by atoms with Gasteiger partial charge in [-0.25, -0.2) is 4.79 Å². The molecule has 1 aliphatic rings. The van der Waals surface area contributed by atoms with E-state index in [0.717, 1.165) is 0 Å². The molecule has 1 fully saturated rings. The van der Waals surface area contributed by atoms with Gasteiger partial charge < -0.3 is 24.8 Å². The fourth-order valence-electron chi connectivity index (χ4n) is 1.04. The summed E-state index contributed by atoms with van der Waals surface area (Å²) in [7, 11) is 1.25. The standard InChI is InChI=1S/C6H10O6/c1-11-6-3(8)2(7)4(12-6)5(9)10/h2-4,6-8H,1H3,(H,9,10)/t2-,3+,4+,6?/m1/s1. The van der Waals surface area contributed by atoms with E-state index in [1.807, 2.05) is 0 Å². The topological polar surface area (TPSA) is 96.2 Å². The van der Waals surface area contributed by atoms with E-state index in [4.69, 9.17) is 15.3 Å². The third-order valence-electron chi connectivity index (χ3n) is 1.70. The Hall–Kier alpha value is -0.690. The van der Waals surface area contributed by atoms with Crippen molar-refractivity contribution >= 4 is 5.97 Å². The van der Waals surface area contributed by atoms with Crippen LogP contribution >= 0.6 is 0 Å². The van der Waals surface area contributed by atoms with Gasteiger partial charge in [-0.15, -0.1) is 0 Å². The number of aliphatic carboxylic acids is 1. The number of hydrogen-bond donors (Lipinski definition) is 3. The lowest BCUT2D eigenvalue weighted by atomic mass is 10.1. The molecule has 70 valence electrons. The molecule has 1 unspecified atom stereocenters. The first-order valence-electron chi connectivity index (χ1n) is 3.35. The molecule has 3 N–H and O–H groups in total. The summed E-state index contributed by atoms with van der Waals surface area (Å²) < 4.78 is 9.25. The smallest absolute Gasteiger partial charge is 0.335 e. The average Bonchev–Trinajstić information content (AvgIpc) is 2.30. The number of hydrogen-bond acceptors (Lipinski definition) is 5. The summed E-state index contributed by atoms with van der Waals surface area (Å²) >= 11 is 0. The zero-order chi connectivity index (χ0) is 9.30. The maximum absolute atomic E-state index is 10.4. The minimum Gasteiger partial charge on any atom is -0.479 e. The molecule has 0 saturated carbocycles. The molecular weight excluding hydrogens is 168 g/mol. The molecule has 6 nitrogen and oxygen atoms in total. The van der Waals surface area contributed by atoms with Crippen molar-refractivity contribution in [2.24, 2.45) is 0 Å². The molecular formula is C6H10O6. The van der Waals surface area contributed by atoms with Crippen molar-refractivity contribution in [1.29, 1.82) is 0 Å². The van der Waals surface area contributed by atoms with E-state index >= 15 is 0 Å². The number of carboxylic acid groups (broad SMARTS) is 1. The first-order chi connectivity index (χ1) is 5.57. The lowest BCUT2D eigenvalue weighted by molar-refractivity contribution is -0.172. The minimum absolute atomic E-state index is 1.07. The Bertz CT molecular complexity index is 181. The van der Waals surface area contributed by atoms with Crippen molar-refractivity contribution in [2.75, 3.05) is 7.11 Å². The van der Waals surface area contributed by atoms with Crippen molar-refractivity contribution in [2.45, 2.75) is 24.6 Å². The lowest BCUT2D eigenvalue weighted by Gasteiger charge is -2.11. The SMILES string of the molecule is COC1O[C@H](C(=O)O)[C@H](O)[C@@H]1O.